The second-order valence-electron chi connectivity index (χ2n) is 9.23. The van der Waals surface area contributed by atoms with E-state index < -0.39 is 0 Å². The second-order valence-corrected chi connectivity index (χ2v) is 9.23. The molecule has 0 spiro atoms. The lowest BCUT2D eigenvalue weighted by atomic mass is 9.98. The maximum atomic E-state index is 12.7. The Labute approximate surface area is 200 Å². The van der Waals surface area contributed by atoms with Gasteiger partial charge in [-0.3, -0.25) is 4.79 Å². The molecule has 2 fully saturated rings. The van der Waals surface area contributed by atoms with Gasteiger partial charge in [0.15, 0.2) is 0 Å². The fourth-order valence-corrected chi connectivity index (χ4v) is 4.54. The summed E-state index contributed by atoms with van der Waals surface area (Å²) in [4.78, 5) is 26.6. The Hall–Kier alpha value is -3.60. The molecule has 3 aromatic rings. The summed E-state index contributed by atoms with van der Waals surface area (Å²) in [7, 11) is 0. The van der Waals surface area contributed by atoms with Gasteiger partial charge >= 0.3 is 6.09 Å². The van der Waals surface area contributed by atoms with Gasteiger partial charge in [0.1, 0.15) is 6.61 Å². The monoisotopic (exact) mass is 454 g/mol. The predicted octanol–water partition coefficient (Wildman–Crippen LogP) is 5.65. The van der Waals surface area contributed by atoms with Crippen LogP contribution in [0.3, 0.4) is 0 Å². The lowest BCUT2D eigenvalue weighted by Gasteiger charge is -2.24. The molecule has 1 aliphatic carbocycles. The van der Waals surface area contributed by atoms with Crippen LogP contribution >= 0.6 is 0 Å². The summed E-state index contributed by atoms with van der Waals surface area (Å²) in [5.74, 6) is 0.100. The molecule has 174 valence electrons. The minimum atomic E-state index is -0.253. The van der Waals surface area contributed by atoms with Crippen molar-refractivity contribution in [2.75, 3.05) is 6.54 Å². The van der Waals surface area contributed by atoms with Gasteiger partial charge in [0.25, 0.3) is 0 Å². The van der Waals surface area contributed by atoms with E-state index in [4.69, 9.17) is 4.74 Å². The molecule has 1 aliphatic heterocycles. The second kappa shape index (κ2) is 10.1. The van der Waals surface area contributed by atoms with Crippen LogP contribution in [0.4, 0.5) is 4.79 Å². The highest BCUT2D eigenvalue weighted by molar-refractivity contribution is 5.79. The standard InChI is InChI=1S/C29H30N2O3/c32-28(30-26-16-17-26)19-21-8-10-23(11-9-21)24-12-14-25(15-13-24)27-7-4-18-31(27)29(33)34-20-22-5-2-1-3-6-22/h1-3,5-6,8-15,26-27H,4,7,16-20H2,(H,30,32). The van der Waals surface area contributed by atoms with Crippen molar-refractivity contribution in [2.45, 2.75) is 50.8 Å². The van der Waals surface area contributed by atoms with Crippen LogP contribution in [-0.4, -0.2) is 29.5 Å². The first-order chi connectivity index (χ1) is 16.7. The van der Waals surface area contributed by atoms with E-state index in [0.717, 1.165) is 60.0 Å². The van der Waals surface area contributed by atoms with E-state index in [1.165, 1.54) is 0 Å². The lowest BCUT2D eigenvalue weighted by Crippen LogP contribution is -2.31. The van der Waals surface area contributed by atoms with Crippen LogP contribution in [0.1, 0.15) is 48.4 Å². The molecule has 1 atom stereocenters. The van der Waals surface area contributed by atoms with Gasteiger partial charge in [0.05, 0.1) is 12.5 Å². The molecule has 1 N–H and O–H groups in total. The van der Waals surface area contributed by atoms with E-state index in [9.17, 15) is 9.59 Å². The first-order valence-corrected chi connectivity index (χ1v) is 12.1. The fraction of sp³-hybridized carbons (Fsp3) is 0.310. The number of rotatable bonds is 7. The van der Waals surface area contributed by atoms with E-state index in [2.05, 4.69) is 41.7 Å². The molecule has 0 aromatic heterocycles. The van der Waals surface area contributed by atoms with E-state index >= 15 is 0 Å². The van der Waals surface area contributed by atoms with Crippen LogP contribution in [0.15, 0.2) is 78.9 Å². The van der Waals surface area contributed by atoms with Crippen molar-refractivity contribution in [1.82, 2.24) is 10.2 Å². The zero-order valence-corrected chi connectivity index (χ0v) is 19.3. The number of ether oxygens (including phenoxy) is 1. The molecule has 2 amide bonds. The molecule has 1 saturated heterocycles. The molecule has 5 rings (SSSR count). The minimum absolute atomic E-state index is 0.0460. The van der Waals surface area contributed by atoms with Crippen molar-refractivity contribution >= 4 is 12.0 Å². The zero-order chi connectivity index (χ0) is 23.3. The van der Waals surface area contributed by atoms with E-state index in [0.29, 0.717) is 19.1 Å². The Bertz CT molecular complexity index is 1120. The third kappa shape index (κ3) is 5.48. The average molecular weight is 455 g/mol. The van der Waals surface area contributed by atoms with Gasteiger partial charge in [-0.15, -0.1) is 0 Å². The van der Waals surface area contributed by atoms with Crippen LogP contribution in [-0.2, 0) is 22.6 Å². The van der Waals surface area contributed by atoms with Crippen LogP contribution in [0.5, 0.6) is 0 Å². The normalized spacial score (nSPS) is 17.4. The van der Waals surface area contributed by atoms with Crippen molar-refractivity contribution in [2.24, 2.45) is 0 Å². The molecule has 1 heterocycles. The number of nitrogens with one attached hydrogen (secondary N) is 1. The van der Waals surface area contributed by atoms with Gasteiger partial charge in [-0.1, -0.05) is 78.9 Å². The minimum Gasteiger partial charge on any atom is -0.445 e. The van der Waals surface area contributed by atoms with Crippen LogP contribution < -0.4 is 5.32 Å². The summed E-state index contributed by atoms with van der Waals surface area (Å²) in [5, 5.41) is 3.03. The lowest BCUT2D eigenvalue weighted by molar-refractivity contribution is -0.120. The van der Waals surface area contributed by atoms with Crippen molar-refractivity contribution in [3.8, 4) is 11.1 Å². The van der Waals surface area contributed by atoms with Crippen molar-refractivity contribution < 1.29 is 14.3 Å². The first-order valence-electron chi connectivity index (χ1n) is 12.1. The van der Waals surface area contributed by atoms with Crippen molar-refractivity contribution in [3.63, 3.8) is 0 Å². The molecule has 3 aromatic carbocycles. The Kier molecular flexibility index (Phi) is 6.61. The summed E-state index contributed by atoms with van der Waals surface area (Å²) in [6, 6.07) is 26.8. The van der Waals surface area contributed by atoms with Gasteiger partial charge in [0.2, 0.25) is 5.91 Å². The number of carbonyl (C=O) groups excluding carboxylic acids is 2. The van der Waals surface area contributed by atoms with Gasteiger partial charge in [-0.05, 0) is 53.5 Å². The molecule has 1 unspecified atom stereocenters. The molecular weight excluding hydrogens is 424 g/mol. The maximum absolute atomic E-state index is 12.7. The largest absolute Gasteiger partial charge is 0.445 e. The smallest absolute Gasteiger partial charge is 0.410 e. The fourth-order valence-electron chi connectivity index (χ4n) is 4.54. The van der Waals surface area contributed by atoms with Gasteiger partial charge in [-0.2, -0.15) is 0 Å². The van der Waals surface area contributed by atoms with Gasteiger partial charge in [0, 0.05) is 12.6 Å². The van der Waals surface area contributed by atoms with E-state index in [-0.39, 0.29) is 18.0 Å². The maximum Gasteiger partial charge on any atom is 0.410 e. The number of carbonyl (C=O) groups is 2. The van der Waals surface area contributed by atoms with Crippen molar-refractivity contribution in [3.05, 3.63) is 95.6 Å². The summed E-state index contributed by atoms with van der Waals surface area (Å²) < 4.78 is 5.58. The Balaban J connectivity index is 1.19. The molecule has 5 nitrogen and oxygen atoms in total. The van der Waals surface area contributed by atoms with E-state index in [1.807, 2.05) is 47.4 Å². The Morgan fingerprint density at radius 2 is 1.50 bits per heavy atom. The molecule has 5 heteroatoms. The van der Waals surface area contributed by atoms with Crippen LogP contribution in [0, 0.1) is 0 Å². The summed E-state index contributed by atoms with van der Waals surface area (Å²) in [6.45, 7) is 1.01. The highest BCUT2D eigenvalue weighted by Crippen LogP contribution is 2.33. The highest BCUT2D eigenvalue weighted by Gasteiger charge is 2.31. The predicted molar refractivity (Wildman–Crippen MR) is 132 cm³/mol. The summed E-state index contributed by atoms with van der Waals surface area (Å²) in [5.41, 5.74) is 5.38. The third-order valence-electron chi connectivity index (χ3n) is 6.58. The summed E-state index contributed by atoms with van der Waals surface area (Å²) >= 11 is 0. The zero-order valence-electron chi connectivity index (χ0n) is 19.3. The Morgan fingerprint density at radius 1 is 0.824 bits per heavy atom. The molecule has 0 radical (unpaired) electrons. The number of likely N-dealkylation sites (tertiary alicyclic amines) is 1. The first kappa shape index (κ1) is 22.2. The van der Waals surface area contributed by atoms with Crippen LogP contribution in [0.2, 0.25) is 0 Å². The van der Waals surface area contributed by atoms with Gasteiger partial charge in [-0.25, -0.2) is 4.79 Å². The summed E-state index contributed by atoms with van der Waals surface area (Å²) in [6.07, 6.45) is 4.30. The number of amides is 2. The van der Waals surface area contributed by atoms with Crippen molar-refractivity contribution in [1.29, 1.82) is 0 Å². The topological polar surface area (TPSA) is 58.6 Å². The molecule has 1 saturated carbocycles. The number of hydrogen-bond acceptors (Lipinski definition) is 3. The SMILES string of the molecule is O=C(Cc1ccc(-c2ccc(C3CCCN3C(=O)OCc3ccccc3)cc2)cc1)NC1CC1. The number of hydrogen-bond donors (Lipinski definition) is 1. The quantitative estimate of drug-likeness (QED) is 0.502. The molecular formula is C29H30N2O3. The highest BCUT2D eigenvalue weighted by atomic mass is 16.6. The average Bonchev–Trinajstić information content (AvgIpc) is 3.54. The molecule has 2 aliphatic rings. The van der Waals surface area contributed by atoms with E-state index in [1.54, 1.807) is 0 Å². The molecule has 34 heavy (non-hydrogen) atoms. The number of benzene rings is 3. The Morgan fingerprint density at radius 3 is 2.18 bits per heavy atom. The third-order valence-corrected chi connectivity index (χ3v) is 6.58. The van der Waals surface area contributed by atoms with Crippen LogP contribution in [0.25, 0.3) is 11.1 Å². The molecule has 0 bridgehead atoms. The van der Waals surface area contributed by atoms with Gasteiger partial charge < -0.3 is 15.0 Å². The number of nitrogens with zero attached hydrogens (tertiary/aromatic N) is 1.